The summed E-state index contributed by atoms with van der Waals surface area (Å²) in [7, 11) is 0. The van der Waals surface area contributed by atoms with Crippen molar-refractivity contribution in [2.24, 2.45) is 0 Å². The molecular weight excluding hydrogens is 312 g/mol. The lowest BCUT2D eigenvalue weighted by atomic mass is 10.0. The first-order chi connectivity index (χ1) is 11.4. The van der Waals surface area contributed by atoms with Crippen LogP contribution in [-0.2, 0) is 30.2 Å². The average molecular weight is 335 g/mol. The third kappa shape index (κ3) is 6.03. The summed E-state index contributed by atoms with van der Waals surface area (Å²) in [6.07, 6.45) is -0.678. The van der Waals surface area contributed by atoms with Gasteiger partial charge in [0.1, 0.15) is 12.2 Å². The predicted molar refractivity (Wildman–Crippen MR) is 84.0 cm³/mol. The summed E-state index contributed by atoms with van der Waals surface area (Å²) in [4.78, 5) is 22.8. The van der Waals surface area contributed by atoms with Gasteiger partial charge in [0, 0.05) is 12.4 Å². The number of aryl methyl sites for hydroxylation is 1. The Morgan fingerprint density at radius 2 is 2.04 bits per heavy atom. The zero-order valence-corrected chi connectivity index (χ0v) is 14.0. The highest BCUT2D eigenvalue weighted by molar-refractivity contribution is 5.96. The number of carboxylic acids is 1. The first-order valence-corrected chi connectivity index (χ1v) is 8.05. The minimum Gasteiger partial charge on any atom is -0.550 e. The molecule has 2 rings (SSSR count). The Bertz CT molecular complexity index is 554. The fraction of sp³-hybridized carbons (Fsp3) is 0.556. The summed E-state index contributed by atoms with van der Waals surface area (Å²) in [5, 5.41) is 10.7. The van der Waals surface area contributed by atoms with Gasteiger partial charge in [-0.1, -0.05) is 30.3 Å². The van der Waals surface area contributed by atoms with Crippen molar-refractivity contribution in [1.82, 2.24) is 0 Å². The predicted octanol–water partition coefficient (Wildman–Crippen LogP) is 0.865. The molecular formula is C18H23O6-. The van der Waals surface area contributed by atoms with Gasteiger partial charge in [-0.25, -0.2) is 0 Å². The smallest absolute Gasteiger partial charge is 0.167 e. The number of Topliss-reactive ketones (excluding diaryl/α,β-unsaturated/α-hetero) is 1. The molecule has 0 bridgehead atoms. The van der Waals surface area contributed by atoms with E-state index in [-0.39, 0.29) is 12.7 Å². The molecule has 132 valence electrons. The third-order valence-electron chi connectivity index (χ3n) is 3.77. The molecule has 0 radical (unpaired) electrons. The second-order valence-corrected chi connectivity index (χ2v) is 6.31. The van der Waals surface area contributed by atoms with Gasteiger partial charge in [0.25, 0.3) is 0 Å². The van der Waals surface area contributed by atoms with Crippen molar-refractivity contribution < 1.29 is 28.9 Å². The number of hydrogen-bond acceptors (Lipinski definition) is 6. The van der Waals surface area contributed by atoms with Gasteiger partial charge >= 0.3 is 0 Å². The maximum atomic E-state index is 12.1. The second kappa shape index (κ2) is 8.37. The molecule has 6 nitrogen and oxygen atoms in total. The number of carboxylic acid groups (broad SMARTS) is 1. The van der Waals surface area contributed by atoms with Gasteiger partial charge in [-0.15, -0.1) is 0 Å². The third-order valence-corrected chi connectivity index (χ3v) is 3.77. The van der Waals surface area contributed by atoms with E-state index in [0.717, 1.165) is 5.56 Å². The summed E-state index contributed by atoms with van der Waals surface area (Å²) < 4.78 is 16.7. The van der Waals surface area contributed by atoms with Crippen LogP contribution in [0.15, 0.2) is 30.3 Å². The lowest BCUT2D eigenvalue weighted by Gasteiger charge is -2.20. The van der Waals surface area contributed by atoms with Crippen molar-refractivity contribution in [3.8, 4) is 0 Å². The summed E-state index contributed by atoms with van der Waals surface area (Å²) >= 11 is 0. The van der Waals surface area contributed by atoms with Crippen LogP contribution in [0, 0.1) is 0 Å². The number of carbonyl (C=O) groups excluding carboxylic acids is 2. The van der Waals surface area contributed by atoms with Crippen LogP contribution in [-0.4, -0.2) is 43.0 Å². The molecule has 1 aromatic rings. The zero-order chi connectivity index (χ0) is 17.6. The van der Waals surface area contributed by atoms with Crippen molar-refractivity contribution in [2.45, 2.75) is 51.1 Å². The number of ketones is 1. The number of benzene rings is 1. The number of rotatable bonds is 9. The van der Waals surface area contributed by atoms with Gasteiger partial charge < -0.3 is 24.1 Å². The van der Waals surface area contributed by atoms with Crippen molar-refractivity contribution >= 4 is 11.8 Å². The Balaban J connectivity index is 1.89. The maximum Gasteiger partial charge on any atom is 0.167 e. The number of ether oxygens (including phenoxy) is 3. The Morgan fingerprint density at radius 3 is 2.62 bits per heavy atom. The Hall–Kier alpha value is -1.76. The summed E-state index contributed by atoms with van der Waals surface area (Å²) in [6, 6.07) is 9.66. The van der Waals surface area contributed by atoms with Gasteiger partial charge in [-0.3, -0.25) is 4.79 Å². The number of aliphatic carboxylic acids is 1. The summed E-state index contributed by atoms with van der Waals surface area (Å²) in [6.45, 7) is 4.18. The van der Waals surface area contributed by atoms with Crippen LogP contribution in [0.3, 0.4) is 0 Å². The van der Waals surface area contributed by atoms with Gasteiger partial charge in [-0.05, 0) is 32.3 Å². The van der Waals surface area contributed by atoms with Crippen LogP contribution in [0.2, 0.25) is 0 Å². The molecule has 0 amide bonds. The molecule has 0 aromatic heterocycles. The van der Waals surface area contributed by atoms with Crippen LogP contribution in [0.25, 0.3) is 0 Å². The van der Waals surface area contributed by atoms with Crippen molar-refractivity contribution in [2.75, 3.05) is 13.2 Å². The Kier molecular flexibility index (Phi) is 6.48. The maximum absolute atomic E-state index is 12.1. The summed E-state index contributed by atoms with van der Waals surface area (Å²) in [5.74, 6) is -2.54. The molecule has 0 N–H and O–H groups in total. The fourth-order valence-corrected chi connectivity index (χ4v) is 2.60. The van der Waals surface area contributed by atoms with Gasteiger partial charge in [0.15, 0.2) is 11.6 Å². The van der Waals surface area contributed by atoms with Crippen LogP contribution in [0.1, 0.15) is 32.3 Å². The molecule has 1 aromatic carbocycles. The number of hydrogen-bond donors (Lipinski definition) is 0. The first-order valence-electron chi connectivity index (χ1n) is 8.05. The van der Waals surface area contributed by atoms with Gasteiger partial charge in [-0.2, -0.15) is 0 Å². The van der Waals surface area contributed by atoms with Crippen LogP contribution < -0.4 is 5.11 Å². The zero-order valence-electron chi connectivity index (χ0n) is 14.0. The van der Waals surface area contributed by atoms with Crippen LogP contribution in [0.4, 0.5) is 0 Å². The fourth-order valence-electron chi connectivity index (χ4n) is 2.60. The van der Waals surface area contributed by atoms with Crippen molar-refractivity contribution in [3.63, 3.8) is 0 Å². The Morgan fingerprint density at radius 1 is 1.33 bits per heavy atom. The minimum atomic E-state index is -1.39. The highest BCUT2D eigenvalue weighted by Crippen LogP contribution is 2.23. The monoisotopic (exact) mass is 335 g/mol. The van der Waals surface area contributed by atoms with E-state index in [1.807, 2.05) is 30.3 Å². The molecule has 0 spiro atoms. The Labute approximate surface area is 141 Å². The molecule has 2 atom stereocenters. The highest BCUT2D eigenvalue weighted by Gasteiger charge is 2.33. The van der Waals surface area contributed by atoms with E-state index in [1.54, 1.807) is 13.8 Å². The van der Waals surface area contributed by atoms with E-state index in [2.05, 4.69) is 0 Å². The topological polar surface area (TPSA) is 84.9 Å². The molecule has 2 unspecified atom stereocenters. The standard InChI is InChI=1S/C18H24O6/c1-18(2)23-12-14(24-18)11-22-16(15(19)10-17(20)21)9-8-13-6-4-3-5-7-13/h3-7,14,16H,8-12H2,1-2H3,(H,20,21)/p-1. The molecule has 0 saturated carbocycles. The first kappa shape index (κ1) is 18.6. The SMILES string of the molecule is CC1(C)OCC(COC(CCc2ccccc2)C(=O)CC(=O)[O-])O1. The molecule has 24 heavy (non-hydrogen) atoms. The molecule has 1 aliphatic heterocycles. The van der Waals surface area contributed by atoms with E-state index < -0.39 is 30.1 Å². The van der Waals surface area contributed by atoms with E-state index in [4.69, 9.17) is 14.2 Å². The molecule has 1 heterocycles. The lowest BCUT2D eigenvalue weighted by molar-refractivity contribution is -0.304. The summed E-state index contributed by atoms with van der Waals surface area (Å²) in [5.41, 5.74) is 1.06. The van der Waals surface area contributed by atoms with Crippen LogP contribution >= 0.6 is 0 Å². The van der Waals surface area contributed by atoms with Crippen molar-refractivity contribution in [3.05, 3.63) is 35.9 Å². The van der Waals surface area contributed by atoms with Gasteiger partial charge in [0.05, 0.1) is 13.2 Å². The quantitative estimate of drug-likeness (QED) is 0.623. The normalized spacial score (nSPS) is 20.7. The molecule has 1 fully saturated rings. The number of carbonyl (C=O) groups is 2. The van der Waals surface area contributed by atoms with E-state index >= 15 is 0 Å². The second-order valence-electron chi connectivity index (χ2n) is 6.31. The minimum absolute atomic E-state index is 0.182. The van der Waals surface area contributed by atoms with Gasteiger partial charge in [0.2, 0.25) is 0 Å². The van der Waals surface area contributed by atoms with Crippen LogP contribution in [0.5, 0.6) is 0 Å². The largest absolute Gasteiger partial charge is 0.550 e. The molecule has 1 saturated heterocycles. The molecule has 0 aliphatic carbocycles. The molecule has 6 heteroatoms. The van der Waals surface area contributed by atoms with E-state index in [9.17, 15) is 14.7 Å². The lowest BCUT2D eigenvalue weighted by Crippen LogP contribution is -2.35. The van der Waals surface area contributed by atoms with Crippen molar-refractivity contribution in [1.29, 1.82) is 0 Å². The van der Waals surface area contributed by atoms with E-state index in [0.29, 0.717) is 19.4 Å². The molecule has 1 aliphatic rings. The highest BCUT2D eigenvalue weighted by atomic mass is 16.7. The van der Waals surface area contributed by atoms with E-state index in [1.165, 1.54) is 0 Å². The average Bonchev–Trinajstić information content (AvgIpc) is 2.86.